The molecule has 0 bridgehead atoms. The van der Waals surface area contributed by atoms with Crippen molar-refractivity contribution in [1.82, 2.24) is 9.97 Å². The molecule has 1 aliphatic carbocycles. The smallest absolute Gasteiger partial charge is 0.227 e. The molecule has 2 heterocycles. The lowest BCUT2D eigenvalue weighted by Gasteiger charge is -2.45. The summed E-state index contributed by atoms with van der Waals surface area (Å²) in [7, 11) is 1.75. The minimum atomic E-state index is 0.283. The van der Waals surface area contributed by atoms with Crippen molar-refractivity contribution < 1.29 is 4.74 Å². The minimum Gasteiger partial charge on any atom is -0.377 e. The van der Waals surface area contributed by atoms with Gasteiger partial charge in [-0.05, 0) is 26.2 Å². The van der Waals surface area contributed by atoms with Crippen LogP contribution >= 0.6 is 11.6 Å². The van der Waals surface area contributed by atoms with Gasteiger partial charge in [-0.2, -0.15) is 0 Å². The van der Waals surface area contributed by atoms with E-state index in [0.29, 0.717) is 11.2 Å². The van der Waals surface area contributed by atoms with E-state index in [2.05, 4.69) is 21.8 Å². The Morgan fingerprint density at radius 2 is 2.18 bits per heavy atom. The monoisotopic (exact) mass is 253 g/mol. The molecule has 4 nitrogen and oxygen atoms in total. The van der Waals surface area contributed by atoms with E-state index in [1.807, 2.05) is 0 Å². The van der Waals surface area contributed by atoms with Crippen LogP contribution in [0.3, 0.4) is 0 Å². The number of halogens is 1. The Kier molecular flexibility index (Phi) is 2.71. The van der Waals surface area contributed by atoms with E-state index < -0.39 is 0 Å². The second kappa shape index (κ2) is 4.10. The number of hydrogen-bond donors (Lipinski definition) is 0. The highest BCUT2D eigenvalue weighted by Gasteiger charge is 2.38. The van der Waals surface area contributed by atoms with Gasteiger partial charge in [0.25, 0.3) is 0 Å². The van der Waals surface area contributed by atoms with Gasteiger partial charge in [0.05, 0.1) is 17.8 Å². The van der Waals surface area contributed by atoms with E-state index in [0.717, 1.165) is 43.0 Å². The van der Waals surface area contributed by atoms with E-state index in [-0.39, 0.29) is 6.10 Å². The predicted octanol–water partition coefficient (Wildman–Crippen LogP) is 1.84. The summed E-state index contributed by atoms with van der Waals surface area (Å²) in [5.74, 6) is 0.761. The molecular weight excluding hydrogens is 238 g/mol. The number of ether oxygens (including phenoxy) is 1. The topological polar surface area (TPSA) is 38.2 Å². The van der Waals surface area contributed by atoms with Gasteiger partial charge in [-0.1, -0.05) is 11.6 Å². The highest BCUT2D eigenvalue weighted by Crippen LogP contribution is 2.31. The number of rotatable bonds is 2. The highest BCUT2D eigenvalue weighted by atomic mass is 35.5. The number of fused-ring (bicyclic) bond motifs is 1. The molecule has 2 aliphatic rings. The first-order valence-electron chi connectivity index (χ1n) is 6.05. The van der Waals surface area contributed by atoms with Crippen molar-refractivity contribution in [3.63, 3.8) is 0 Å². The molecule has 0 saturated carbocycles. The van der Waals surface area contributed by atoms with Gasteiger partial charge in [-0.3, -0.25) is 0 Å². The summed E-state index contributed by atoms with van der Waals surface area (Å²) in [6, 6.07) is 0.329. The van der Waals surface area contributed by atoms with E-state index in [9.17, 15) is 0 Å². The lowest BCUT2D eigenvalue weighted by molar-refractivity contribution is 0.0448. The normalized spacial score (nSPS) is 26.9. The first kappa shape index (κ1) is 11.2. The molecule has 2 atom stereocenters. The number of methoxy groups -OCH3 is 1. The first-order valence-corrected chi connectivity index (χ1v) is 6.43. The summed E-state index contributed by atoms with van der Waals surface area (Å²) in [5.41, 5.74) is 2.28. The van der Waals surface area contributed by atoms with Crippen LogP contribution in [-0.2, 0) is 17.6 Å². The summed E-state index contributed by atoms with van der Waals surface area (Å²) in [6.45, 7) is 2.98. The number of nitrogens with zero attached hydrogens (tertiary/aromatic N) is 3. The number of anilines is 1. The van der Waals surface area contributed by atoms with E-state index in [1.54, 1.807) is 7.11 Å². The average Bonchev–Trinajstić information content (AvgIpc) is 2.76. The first-order chi connectivity index (χ1) is 8.20. The highest BCUT2D eigenvalue weighted by molar-refractivity contribution is 6.30. The third kappa shape index (κ3) is 1.70. The zero-order valence-electron chi connectivity index (χ0n) is 10.1. The number of aromatic nitrogens is 2. The van der Waals surface area contributed by atoms with Gasteiger partial charge in [-0.15, -0.1) is 0 Å². The van der Waals surface area contributed by atoms with Gasteiger partial charge in [0.15, 0.2) is 0 Å². The van der Waals surface area contributed by atoms with Crippen LogP contribution in [0.5, 0.6) is 0 Å². The summed E-state index contributed by atoms with van der Waals surface area (Å²) in [4.78, 5) is 11.2. The SMILES string of the molecule is CO[C@@H]1CN(c2nc(Cl)c3c(n2)CCC3)[C@H]1C. The molecule has 3 rings (SSSR count). The summed E-state index contributed by atoms with van der Waals surface area (Å²) < 4.78 is 5.34. The molecule has 0 N–H and O–H groups in total. The maximum absolute atomic E-state index is 6.21. The summed E-state index contributed by atoms with van der Waals surface area (Å²) in [6.07, 6.45) is 3.47. The molecule has 1 saturated heterocycles. The quantitative estimate of drug-likeness (QED) is 0.754. The van der Waals surface area contributed by atoms with Crippen LogP contribution in [0.15, 0.2) is 0 Å². The van der Waals surface area contributed by atoms with E-state index in [4.69, 9.17) is 16.3 Å². The lowest BCUT2D eigenvalue weighted by Crippen LogP contribution is -2.60. The Morgan fingerprint density at radius 3 is 2.88 bits per heavy atom. The van der Waals surface area contributed by atoms with Crippen LogP contribution in [0.4, 0.5) is 5.95 Å². The van der Waals surface area contributed by atoms with Gasteiger partial charge < -0.3 is 9.64 Å². The second-order valence-electron chi connectivity index (χ2n) is 4.76. The Hall–Kier alpha value is -0.870. The van der Waals surface area contributed by atoms with Crippen molar-refractivity contribution in [3.05, 3.63) is 16.4 Å². The van der Waals surface area contributed by atoms with Gasteiger partial charge in [-0.25, -0.2) is 9.97 Å². The number of hydrogen-bond acceptors (Lipinski definition) is 4. The third-order valence-corrected chi connectivity index (χ3v) is 4.15. The Morgan fingerprint density at radius 1 is 1.35 bits per heavy atom. The van der Waals surface area contributed by atoms with Crippen LogP contribution in [0, 0.1) is 0 Å². The molecule has 5 heteroatoms. The van der Waals surface area contributed by atoms with Gasteiger partial charge in [0, 0.05) is 19.2 Å². The molecule has 17 heavy (non-hydrogen) atoms. The van der Waals surface area contributed by atoms with E-state index in [1.165, 1.54) is 0 Å². The Balaban J connectivity index is 1.88. The van der Waals surface area contributed by atoms with Gasteiger partial charge >= 0.3 is 0 Å². The zero-order chi connectivity index (χ0) is 12.0. The Bertz CT molecular complexity index is 452. The molecule has 0 amide bonds. The van der Waals surface area contributed by atoms with Crippen molar-refractivity contribution in [2.45, 2.75) is 38.3 Å². The van der Waals surface area contributed by atoms with Crippen LogP contribution in [0.25, 0.3) is 0 Å². The molecule has 1 aliphatic heterocycles. The maximum atomic E-state index is 6.21. The van der Waals surface area contributed by atoms with E-state index >= 15 is 0 Å². The van der Waals surface area contributed by atoms with Crippen LogP contribution in [0.2, 0.25) is 5.15 Å². The molecule has 0 aromatic carbocycles. The fourth-order valence-electron chi connectivity index (χ4n) is 2.61. The second-order valence-corrected chi connectivity index (χ2v) is 5.12. The molecule has 0 unspecified atom stereocenters. The largest absolute Gasteiger partial charge is 0.377 e. The summed E-state index contributed by atoms with van der Waals surface area (Å²) in [5, 5.41) is 0.635. The molecule has 0 spiro atoms. The van der Waals surface area contributed by atoms with Crippen LogP contribution in [0.1, 0.15) is 24.6 Å². The van der Waals surface area contributed by atoms with Crippen LogP contribution in [-0.4, -0.2) is 35.8 Å². The van der Waals surface area contributed by atoms with Gasteiger partial charge in [0.1, 0.15) is 5.15 Å². The van der Waals surface area contributed by atoms with Crippen LogP contribution < -0.4 is 4.90 Å². The standard InChI is InChI=1S/C12H16ClN3O/c1-7-10(17-2)6-16(7)12-14-9-5-3-4-8(9)11(13)15-12/h7,10H,3-6H2,1-2H3/t7-,10+/m0/s1. The maximum Gasteiger partial charge on any atom is 0.227 e. The van der Waals surface area contributed by atoms with Gasteiger partial charge in [0.2, 0.25) is 5.95 Å². The molecule has 0 radical (unpaired) electrons. The van der Waals surface area contributed by atoms with Crippen molar-refractivity contribution in [2.75, 3.05) is 18.6 Å². The molecule has 1 aromatic heterocycles. The van der Waals surface area contributed by atoms with Crippen molar-refractivity contribution in [3.8, 4) is 0 Å². The predicted molar refractivity (Wildman–Crippen MR) is 66.7 cm³/mol. The fraction of sp³-hybridized carbons (Fsp3) is 0.667. The van der Waals surface area contributed by atoms with Crippen molar-refractivity contribution in [1.29, 1.82) is 0 Å². The summed E-state index contributed by atoms with van der Waals surface area (Å²) >= 11 is 6.21. The fourth-order valence-corrected chi connectivity index (χ4v) is 2.89. The zero-order valence-corrected chi connectivity index (χ0v) is 10.9. The minimum absolute atomic E-state index is 0.283. The molecule has 1 fully saturated rings. The molecular formula is C12H16ClN3O. The molecule has 1 aromatic rings. The lowest BCUT2D eigenvalue weighted by atomic mass is 10.0. The van der Waals surface area contributed by atoms with Crippen molar-refractivity contribution >= 4 is 17.5 Å². The third-order valence-electron chi connectivity index (χ3n) is 3.84. The molecule has 92 valence electrons. The number of aryl methyl sites for hydroxylation is 1. The van der Waals surface area contributed by atoms with Crippen molar-refractivity contribution in [2.24, 2.45) is 0 Å². The Labute approximate surface area is 106 Å². The average molecular weight is 254 g/mol.